The molecule has 0 bridgehead atoms. The van der Waals surface area contributed by atoms with Gasteiger partial charge in [-0.15, -0.1) is 0 Å². The summed E-state index contributed by atoms with van der Waals surface area (Å²) in [4.78, 5) is 11.7. The molecule has 0 radical (unpaired) electrons. The first-order chi connectivity index (χ1) is 10.4. The highest BCUT2D eigenvalue weighted by Crippen LogP contribution is 2.47. The van der Waals surface area contributed by atoms with Gasteiger partial charge in [-0.25, -0.2) is 0 Å². The first kappa shape index (κ1) is 17.1. The summed E-state index contributed by atoms with van der Waals surface area (Å²) in [5, 5.41) is 18.7. The van der Waals surface area contributed by atoms with Crippen molar-refractivity contribution in [2.24, 2.45) is 11.3 Å². The van der Waals surface area contributed by atoms with E-state index < -0.39 is 11.2 Å². The van der Waals surface area contributed by atoms with Crippen molar-refractivity contribution in [2.45, 2.75) is 58.3 Å². The number of aliphatic hydroxyl groups is 1. The van der Waals surface area contributed by atoms with Crippen molar-refractivity contribution in [3.05, 3.63) is 11.1 Å². The summed E-state index contributed by atoms with van der Waals surface area (Å²) >= 11 is 0. The fourth-order valence-corrected chi connectivity index (χ4v) is 3.77. The van der Waals surface area contributed by atoms with Crippen LogP contribution < -0.4 is 0 Å². The molecule has 5 heteroatoms. The van der Waals surface area contributed by atoms with Crippen LogP contribution in [0.25, 0.3) is 0 Å². The first-order valence-electron chi connectivity index (χ1n) is 7.84. The zero-order valence-electron chi connectivity index (χ0n) is 13.6. The third kappa shape index (κ3) is 3.10. The number of hydrogen-bond acceptors (Lipinski definition) is 5. The van der Waals surface area contributed by atoms with Gasteiger partial charge in [0, 0.05) is 17.8 Å². The Bertz CT molecular complexity index is 505. The Balaban J connectivity index is 2.28. The maximum atomic E-state index is 11.7. The molecular formula is C17H25NO4. The van der Waals surface area contributed by atoms with Gasteiger partial charge in [-0.3, -0.25) is 0 Å². The molecule has 0 spiro atoms. The van der Waals surface area contributed by atoms with Crippen molar-refractivity contribution < 1.29 is 19.4 Å². The molecule has 0 saturated carbocycles. The largest absolute Gasteiger partial charge is 0.396 e. The third-order valence-corrected chi connectivity index (χ3v) is 5.10. The number of ether oxygens (including phenoxy) is 2. The fourth-order valence-electron chi connectivity index (χ4n) is 3.77. The Morgan fingerprint density at radius 1 is 1.50 bits per heavy atom. The highest BCUT2D eigenvalue weighted by atomic mass is 16.7. The molecule has 2 rings (SSSR count). The van der Waals surface area contributed by atoms with E-state index in [0.29, 0.717) is 25.9 Å². The molecule has 0 amide bonds. The molecule has 1 aliphatic carbocycles. The monoisotopic (exact) mass is 307 g/mol. The average Bonchev–Trinajstić information content (AvgIpc) is 2.85. The minimum Gasteiger partial charge on any atom is -0.396 e. The number of hydrogen-bond donors (Lipinski definition) is 1. The summed E-state index contributed by atoms with van der Waals surface area (Å²) < 4.78 is 11.6. The van der Waals surface area contributed by atoms with Crippen LogP contribution in [0.2, 0.25) is 0 Å². The van der Waals surface area contributed by atoms with Crippen molar-refractivity contribution in [3.63, 3.8) is 0 Å². The number of nitriles is 1. The van der Waals surface area contributed by atoms with Gasteiger partial charge in [0.1, 0.15) is 12.4 Å². The van der Waals surface area contributed by atoms with Gasteiger partial charge in [0.15, 0.2) is 5.79 Å². The molecule has 1 fully saturated rings. The summed E-state index contributed by atoms with van der Waals surface area (Å²) in [6.07, 6.45) is 3.06. The highest BCUT2D eigenvalue weighted by molar-refractivity contribution is 5.62. The lowest BCUT2D eigenvalue weighted by atomic mass is 9.62. The van der Waals surface area contributed by atoms with Crippen LogP contribution in [0.3, 0.4) is 0 Å². The molecule has 1 saturated heterocycles. The van der Waals surface area contributed by atoms with Gasteiger partial charge in [-0.05, 0) is 45.6 Å². The standard InChI is InChI=1S/C17H25NO4/c1-12-13(15-10-21-16(2,3)22-15)5-7-17(11-20,6-4-8-18)14(12)9-19/h11,14-15,19H,4-7,9-10H2,1-3H3/t14-,15-,17+/m0/s1. The maximum Gasteiger partial charge on any atom is 0.163 e. The molecule has 22 heavy (non-hydrogen) atoms. The Morgan fingerprint density at radius 3 is 2.73 bits per heavy atom. The van der Waals surface area contributed by atoms with E-state index in [9.17, 15) is 9.90 Å². The number of aldehydes is 1. The second-order valence-corrected chi connectivity index (χ2v) is 6.77. The zero-order chi connectivity index (χ0) is 16.4. The molecule has 1 heterocycles. The minimum atomic E-state index is -0.632. The summed E-state index contributed by atoms with van der Waals surface area (Å²) in [6, 6.07) is 2.11. The second-order valence-electron chi connectivity index (χ2n) is 6.77. The minimum absolute atomic E-state index is 0.0868. The SMILES string of the molecule is CC1=C([C@@H]2COC(C)(C)O2)CC[C@@](C=O)(CCC#N)[C@H]1CO. The third-order valence-electron chi connectivity index (χ3n) is 5.10. The highest BCUT2D eigenvalue weighted by Gasteiger charge is 2.45. The molecule has 0 unspecified atom stereocenters. The number of carbonyl (C=O) groups is 1. The molecule has 1 N–H and O–H groups in total. The molecule has 0 aromatic heterocycles. The van der Waals surface area contributed by atoms with Crippen LogP contribution in [0.5, 0.6) is 0 Å². The van der Waals surface area contributed by atoms with Crippen molar-refractivity contribution in [1.82, 2.24) is 0 Å². The van der Waals surface area contributed by atoms with E-state index in [2.05, 4.69) is 6.07 Å². The maximum absolute atomic E-state index is 11.7. The van der Waals surface area contributed by atoms with Gasteiger partial charge in [0.05, 0.1) is 19.3 Å². The number of nitrogens with zero attached hydrogens (tertiary/aromatic N) is 1. The van der Waals surface area contributed by atoms with Crippen LogP contribution in [0.15, 0.2) is 11.1 Å². The van der Waals surface area contributed by atoms with Gasteiger partial charge >= 0.3 is 0 Å². The summed E-state index contributed by atoms with van der Waals surface area (Å²) in [6.45, 7) is 6.16. The predicted molar refractivity (Wildman–Crippen MR) is 80.8 cm³/mol. The van der Waals surface area contributed by atoms with Crippen molar-refractivity contribution in [1.29, 1.82) is 5.26 Å². The molecule has 0 aromatic rings. The Morgan fingerprint density at radius 2 is 2.23 bits per heavy atom. The smallest absolute Gasteiger partial charge is 0.163 e. The van der Waals surface area contributed by atoms with Crippen LogP contribution in [0, 0.1) is 22.7 Å². The van der Waals surface area contributed by atoms with Crippen molar-refractivity contribution in [2.75, 3.05) is 13.2 Å². The summed E-state index contributed by atoms with van der Waals surface area (Å²) in [5.74, 6) is -0.832. The van der Waals surface area contributed by atoms with Crippen molar-refractivity contribution in [3.8, 4) is 6.07 Å². The lowest BCUT2D eigenvalue weighted by Gasteiger charge is -2.42. The Hall–Kier alpha value is -1.22. The first-order valence-corrected chi connectivity index (χ1v) is 7.84. The van der Waals surface area contributed by atoms with Gasteiger partial charge in [0.2, 0.25) is 0 Å². The quantitative estimate of drug-likeness (QED) is 0.623. The van der Waals surface area contributed by atoms with E-state index in [1.54, 1.807) is 0 Å². The van der Waals surface area contributed by atoms with E-state index in [1.807, 2.05) is 20.8 Å². The van der Waals surface area contributed by atoms with E-state index in [1.165, 1.54) is 0 Å². The van der Waals surface area contributed by atoms with Gasteiger partial charge < -0.3 is 19.4 Å². The van der Waals surface area contributed by atoms with Crippen LogP contribution in [-0.2, 0) is 14.3 Å². The van der Waals surface area contributed by atoms with E-state index in [-0.39, 0.29) is 18.6 Å². The molecule has 0 aromatic carbocycles. The molecule has 5 nitrogen and oxygen atoms in total. The van der Waals surface area contributed by atoms with Crippen LogP contribution in [0.4, 0.5) is 0 Å². The van der Waals surface area contributed by atoms with E-state index in [4.69, 9.17) is 14.7 Å². The molecule has 122 valence electrons. The molecule has 2 aliphatic rings. The zero-order valence-corrected chi connectivity index (χ0v) is 13.6. The van der Waals surface area contributed by atoms with Crippen LogP contribution >= 0.6 is 0 Å². The number of rotatable bonds is 5. The van der Waals surface area contributed by atoms with E-state index >= 15 is 0 Å². The predicted octanol–water partition coefficient (Wildman–Crippen LogP) is 2.35. The number of carbonyl (C=O) groups excluding carboxylic acids is 1. The normalized spacial score (nSPS) is 34.5. The van der Waals surface area contributed by atoms with Gasteiger partial charge in [-0.1, -0.05) is 5.57 Å². The van der Waals surface area contributed by atoms with E-state index in [0.717, 1.165) is 23.9 Å². The molecule has 1 aliphatic heterocycles. The Kier molecular flexibility index (Phi) is 5.06. The molecule has 3 atom stereocenters. The average molecular weight is 307 g/mol. The lowest BCUT2D eigenvalue weighted by molar-refractivity contribution is -0.135. The Labute approximate surface area is 131 Å². The number of aliphatic hydroxyl groups excluding tert-OH is 1. The van der Waals surface area contributed by atoms with Gasteiger partial charge in [-0.2, -0.15) is 5.26 Å². The summed E-state index contributed by atoms with van der Waals surface area (Å²) in [7, 11) is 0. The summed E-state index contributed by atoms with van der Waals surface area (Å²) in [5.41, 5.74) is 1.52. The fraction of sp³-hybridized carbons (Fsp3) is 0.765. The molecular weight excluding hydrogens is 282 g/mol. The van der Waals surface area contributed by atoms with Crippen LogP contribution in [0.1, 0.15) is 46.5 Å². The van der Waals surface area contributed by atoms with Crippen LogP contribution in [-0.4, -0.2) is 36.5 Å². The topological polar surface area (TPSA) is 79.5 Å². The van der Waals surface area contributed by atoms with Gasteiger partial charge in [0.25, 0.3) is 0 Å². The second kappa shape index (κ2) is 6.49. The lowest BCUT2D eigenvalue weighted by Crippen LogP contribution is -2.40. The van der Waals surface area contributed by atoms with Crippen molar-refractivity contribution >= 4 is 6.29 Å².